The van der Waals surface area contributed by atoms with Crippen molar-refractivity contribution in [1.29, 1.82) is 0 Å². The van der Waals surface area contributed by atoms with Crippen LogP contribution in [0.15, 0.2) is 36.4 Å². The lowest BCUT2D eigenvalue weighted by atomic mass is 10.3. The van der Waals surface area contributed by atoms with Crippen LogP contribution >= 0.6 is 0 Å². The number of amides is 1. The first-order valence-electron chi connectivity index (χ1n) is 5.51. The Bertz CT molecular complexity index is 599. The molecule has 0 spiro atoms. The highest BCUT2D eigenvalue weighted by molar-refractivity contribution is 5.92. The number of nitrogens with one attached hydrogen (secondary N) is 1. The Balaban J connectivity index is 2.27. The van der Waals surface area contributed by atoms with Crippen molar-refractivity contribution in [3.8, 4) is 11.5 Å². The van der Waals surface area contributed by atoms with E-state index in [1.165, 1.54) is 13.1 Å². The van der Waals surface area contributed by atoms with E-state index in [0.29, 0.717) is 11.4 Å². The molecule has 0 radical (unpaired) electrons. The Labute approximate surface area is 109 Å². The molecule has 0 aliphatic heterocycles. The van der Waals surface area contributed by atoms with Gasteiger partial charge in [-0.05, 0) is 24.3 Å². The van der Waals surface area contributed by atoms with Gasteiger partial charge in [-0.3, -0.25) is 4.79 Å². The third kappa shape index (κ3) is 3.19. The summed E-state index contributed by atoms with van der Waals surface area (Å²) in [7, 11) is 1.44. The summed E-state index contributed by atoms with van der Waals surface area (Å²) in [6.45, 7) is 0. The number of hydrogen-bond donors (Lipinski definition) is 2. The van der Waals surface area contributed by atoms with E-state index >= 15 is 0 Å². The molecule has 0 bridgehead atoms. The first-order chi connectivity index (χ1) is 9.08. The number of aromatic nitrogens is 1. The minimum Gasteiger partial charge on any atom is -0.457 e. The summed E-state index contributed by atoms with van der Waals surface area (Å²) in [4.78, 5) is 14.9. The molecule has 0 fully saturated rings. The third-order valence-electron chi connectivity index (χ3n) is 2.34. The van der Waals surface area contributed by atoms with E-state index in [1.807, 2.05) is 0 Å². The molecule has 1 aromatic heterocycles. The van der Waals surface area contributed by atoms with Crippen LogP contribution in [-0.2, 0) is 0 Å². The van der Waals surface area contributed by atoms with Gasteiger partial charge in [0.1, 0.15) is 17.2 Å². The number of anilines is 1. The molecule has 0 saturated heterocycles. The van der Waals surface area contributed by atoms with Crippen molar-refractivity contribution in [2.75, 3.05) is 12.8 Å². The van der Waals surface area contributed by atoms with Crippen molar-refractivity contribution in [2.24, 2.45) is 0 Å². The van der Waals surface area contributed by atoms with Crippen LogP contribution in [0.5, 0.6) is 11.5 Å². The Morgan fingerprint density at radius 2 is 1.95 bits per heavy atom. The Morgan fingerprint density at radius 3 is 2.58 bits per heavy atom. The summed E-state index contributed by atoms with van der Waals surface area (Å²) in [5.41, 5.74) is 6.10. The van der Waals surface area contributed by atoms with Gasteiger partial charge in [0, 0.05) is 24.9 Å². The van der Waals surface area contributed by atoms with Crippen LogP contribution in [0.25, 0.3) is 0 Å². The molecule has 6 heteroatoms. The zero-order valence-electron chi connectivity index (χ0n) is 10.2. The van der Waals surface area contributed by atoms with Crippen LogP contribution in [-0.4, -0.2) is 17.9 Å². The largest absolute Gasteiger partial charge is 0.457 e. The highest BCUT2D eigenvalue weighted by Gasteiger charge is 2.10. The van der Waals surface area contributed by atoms with E-state index in [9.17, 15) is 9.18 Å². The second-order valence-corrected chi connectivity index (χ2v) is 3.76. The highest BCUT2D eigenvalue weighted by atomic mass is 18.2. The van der Waals surface area contributed by atoms with Gasteiger partial charge < -0.3 is 15.8 Å². The van der Waals surface area contributed by atoms with Crippen molar-refractivity contribution < 1.29 is 13.9 Å². The molecule has 19 heavy (non-hydrogen) atoms. The van der Waals surface area contributed by atoms with Crippen molar-refractivity contribution in [3.63, 3.8) is 0 Å². The minimum absolute atomic E-state index is 0.0482. The predicted molar refractivity (Wildman–Crippen MR) is 68.5 cm³/mol. The summed E-state index contributed by atoms with van der Waals surface area (Å²) in [5.74, 6) is -0.591. The fraction of sp³-hybridized carbons (Fsp3) is 0.0769. The number of hydrogen-bond acceptors (Lipinski definition) is 4. The van der Waals surface area contributed by atoms with Crippen molar-refractivity contribution in [3.05, 3.63) is 48.0 Å². The first kappa shape index (κ1) is 12.8. The SMILES string of the molecule is CNC(=O)c1cc(Oc2ccc(N)cc2)cc([18F])n1. The van der Waals surface area contributed by atoms with Gasteiger partial charge in [0.2, 0.25) is 5.95 Å². The fourth-order valence-corrected chi connectivity index (χ4v) is 1.45. The molecule has 1 aromatic carbocycles. The molecule has 0 saturated carbocycles. The number of pyridine rings is 1. The number of halogens is 1. The Hall–Kier alpha value is -2.63. The topological polar surface area (TPSA) is 77.2 Å². The zero-order chi connectivity index (χ0) is 13.8. The van der Waals surface area contributed by atoms with Crippen molar-refractivity contribution in [1.82, 2.24) is 10.3 Å². The van der Waals surface area contributed by atoms with E-state index in [-0.39, 0.29) is 11.4 Å². The summed E-state index contributed by atoms with van der Waals surface area (Å²) in [5, 5.41) is 2.37. The lowest BCUT2D eigenvalue weighted by Gasteiger charge is -2.07. The molecule has 0 aliphatic rings. The summed E-state index contributed by atoms with van der Waals surface area (Å²) in [6.07, 6.45) is 0. The number of carbonyl (C=O) groups excluding carboxylic acids is 1. The van der Waals surface area contributed by atoms with E-state index in [0.717, 1.165) is 6.07 Å². The number of carbonyl (C=O) groups is 1. The van der Waals surface area contributed by atoms with Crippen LogP contribution in [0.1, 0.15) is 10.5 Å². The lowest BCUT2D eigenvalue weighted by molar-refractivity contribution is 0.0956. The number of nitrogen functional groups attached to an aromatic ring is 1. The molecular weight excluding hydrogens is 248 g/mol. The molecule has 1 heterocycles. The van der Waals surface area contributed by atoms with Crippen LogP contribution < -0.4 is 15.8 Å². The van der Waals surface area contributed by atoms with Gasteiger partial charge in [-0.2, -0.15) is 4.39 Å². The molecular formula is C13H12FN3O2. The average molecular weight is 260 g/mol. The van der Waals surface area contributed by atoms with Crippen molar-refractivity contribution >= 4 is 11.6 Å². The van der Waals surface area contributed by atoms with Crippen molar-refractivity contribution in [2.45, 2.75) is 0 Å². The maximum atomic E-state index is 13.3. The van der Waals surface area contributed by atoms with Gasteiger partial charge in [0.15, 0.2) is 0 Å². The van der Waals surface area contributed by atoms with E-state index < -0.39 is 11.9 Å². The quantitative estimate of drug-likeness (QED) is 0.653. The van der Waals surface area contributed by atoms with Crippen LogP contribution in [0, 0.1) is 5.95 Å². The highest BCUT2D eigenvalue weighted by Crippen LogP contribution is 2.23. The summed E-state index contributed by atoms with van der Waals surface area (Å²) in [6, 6.07) is 9.07. The lowest BCUT2D eigenvalue weighted by Crippen LogP contribution is -2.19. The van der Waals surface area contributed by atoms with E-state index in [4.69, 9.17) is 10.5 Å². The van der Waals surface area contributed by atoms with Gasteiger partial charge >= 0.3 is 0 Å². The fourth-order valence-electron chi connectivity index (χ4n) is 1.45. The van der Waals surface area contributed by atoms with E-state index in [1.54, 1.807) is 24.3 Å². The molecule has 0 unspecified atom stereocenters. The number of nitrogens with zero attached hydrogens (tertiary/aromatic N) is 1. The minimum atomic E-state index is -0.786. The van der Waals surface area contributed by atoms with Crippen LogP contribution in [0.3, 0.4) is 0 Å². The van der Waals surface area contributed by atoms with Gasteiger partial charge in [0.25, 0.3) is 5.91 Å². The van der Waals surface area contributed by atoms with Gasteiger partial charge in [-0.25, -0.2) is 4.98 Å². The monoisotopic (exact) mass is 260 g/mol. The number of benzene rings is 1. The normalized spacial score (nSPS) is 10.0. The maximum absolute atomic E-state index is 13.3. The van der Waals surface area contributed by atoms with E-state index in [2.05, 4.69) is 10.3 Å². The average Bonchev–Trinajstić information content (AvgIpc) is 2.40. The standard InChI is InChI=1S/C13H12FN3O2/c1-16-13(18)11-6-10(7-12(14)17-11)19-9-4-2-8(15)3-5-9/h2-7H,15H2,1H3,(H,16,18)/i14-1. The number of ether oxygens (including phenoxy) is 1. The number of rotatable bonds is 3. The molecule has 98 valence electrons. The third-order valence-corrected chi connectivity index (χ3v) is 2.34. The van der Waals surface area contributed by atoms with Gasteiger partial charge in [0.05, 0.1) is 0 Å². The zero-order valence-corrected chi connectivity index (χ0v) is 10.2. The smallest absolute Gasteiger partial charge is 0.269 e. The second-order valence-electron chi connectivity index (χ2n) is 3.76. The van der Waals surface area contributed by atoms with Gasteiger partial charge in [-0.15, -0.1) is 0 Å². The molecule has 2 aromatic rings. The molecule has 0 aliphatic carbocycles. The Kier molecular flexibility index (Phi) is 3.61. The summed E-state index contributed by atoms with van der Waals surface area (Å²) >= 11 is 0. The maximum Gasteiger partial charge on any atom is 0.269 e. The number of nitrogens with two attached hydrogens (primary N) is 1. The second kappa shape index (κ2) is 5.34. The van der Waals surface area contributed by atoms with Crippen LogP contribution in [0.4, 0.5) is 10.1 Å². The summed E-state index contributed by atoms with van der Waals surface area (Å²) < 4.78 is 18.7. The molecule has 1 amide bonds. The van der Waals surface area contributed by atoms with Gasteiger partial charge in [-0.1, -0.05) is 0 Å². The molecule has 3 N–H and O–H groups in total. The first-order valence-corrected chi connectivity index (χ1v) is 5.51. The predicted octanol–water partition coefficient (Wildman–Crippen LogP) is 1.95. The molecule has 2 rings (SSSR count). The molecule has 0 atom stereocenters. The molecule has 5 nitrogen and oxygen atoms in total. The Morgan fingerprint density at radius 1 is 1.26 bits per heavy atom. The van der Waals surface area contributed by atoms with Crippen LogP contribution in [0.2, 0.25) is 0 Å².